The number of nitrogens with one attached hydrogen (secondary N) is 1. The Kier molecular flexibility index (Phi) is 3.97. The summed E-state index contributed by atoms with van der Waals surface area (Å²) in [5.74, 6) is -1.19. The zero-order chi connectivity index (χ0) is 19.0. The fourth-order valence-corrected chi connectivity index (χ4v) is 2.74. The smallest absolute Gasteiger partial charge is 0.337 e. The highest BCUT2D eigenvalue weighted by atomic mass is 16.5. The topological polar surface area (TPSA) is 98.8 Å². The summed E-state index contributed by atoms with van der Waals surface area (Å²) in [7, 11) is 1.27. The molecule has 0 saturated heterocycles. The summed E-state index contributed by atoms with van der Waals surface area (Å²) in [5, 5.41) is 3.20. The second-order valence-electron chi connectivity index (χ2n) is 5.77. The lowest BCUT2D eigenvalue weighted by atomic mass is 10.2. The van der Waals surface area contributed by atoms with E-state index in [0.29, 0.717) is 22.2 Å². The van der Waals surface area contributed by atoms with E-state index in [2.05, 4.69) is 10.1 Å². The van der Waals surface area contributed by atoms with Crippen LogP contribution >= 0.6 is 0 Å². The predicted molar refractivity (Wildman–Crippen MR) is 98.0 cm³/mol. The third-order valence-corrected chi connectivity index (χ3v) is 4.04. The van der Waals surface area contributed by atoms with Gasteiger partial charge in [-0.3, -0.25) is 9.59 Å². The Labute approximate surface area is 152 Å². The molecule has 0 saturated carbocycles. The summed E-state index contributed by atoms with van der Waals surface area (Å²) in [5.41, 5.74) is 0.778. The minimum Gasteiger partial charge on any atom is -0.465 e. The second kappa shape index (κ2) is 6.45. The van der Waals surface area contributed by atoms with Crippen LogP contribution in [0.15, 0.2) is 68.2 Å². The van der Waals surface area contributed by atoms with Crippen molar-refractivity contribution in [1.82, 2.24) is 0 Å². The van der Waals surface area contributed by atoms with Gasteiger partial charge < -0.3 is 18.9 Å². The number of hydrogen-bond donors (Lipinski definition) is 1. The van der Waals surface area contributed by atoms with Gasteiger partial charge in [0.25, 0.3) is 5.91 Å². The number of hydrogen-bond acceptors (Lipinski definition) is 6. The lowest BCUT2D eigenvalue weighted by molar-refractivity contribution is 0.0600. The molecule has 2 heterocycles. The largest absolute Gasteiger partial charge is 0.465 e. The number of benzene rings is 2. The Morgan fingerprint density at radius 2 is 1.78 bits per heavy atom. The van der Waals surface area contributed by atoms with E-state index in [4.69, 9.17) is 8.83 Å². The fourth-order valence-electron chi connectivity index (χ4n) is 2.74. The first-order valence-corrected chi connectivity index (χ1v) is 8.02. The average Bonchev–Trinajstić information content (AvgIpc) is 3.12. The minimum atomic E-state index is -0.577. The van der Waals surface area contributed by atoms with E-state index in [1.807, 2.05) is 0 Å². The molecule has 0 aliphatic carbocycles. The van der Waals surface area contributed by atoms with Crippen LogP contribution in [0.3, 0.4) is 0 Å². The normalized spacial score (nSPS) is 10.9. The van der Waals surface area contributed by atoms with Crippen molar-refractivity contribution in [2.45, 2.75) is 0 Å². The van der Waals surface area contributed by atoms with Crippen LogP contribution in [0.25, 0.3) is 22.1 Å². The molecular formula is C20H13NO6. The van der Waals surface area contributed by atoms with Gasteiger partial charge in [0.05, 0.1) is 18.1 Å². The van der Waals surface area contributed by atoms with E-state index in [1.165, 1.54) is 19.2 Å². The molecule has 0 aliphatic rings. The molecule has 27 heavy (non-hydrogen) atoms. The molecule has 4 rings (SSSR count). The third kappa shape index (κ3) is 2.95. The lowest BCUT2D eigenvalue weighted by Crippen LogP contribution is -2.11. The molecule has 0 atom stereocenters. The number of amides is 1. The average molecular weight is 363 g/mol. The second-order valence-corrected chi connectivity index (χ2v) is 5.77. The quantitative estimate of drug-likeness (QED) is 0.559. The molecule has 7 nitrogen and oxygen atoms in total. The van der Waals surface area contributed by atoms with Gasteiger partial charge in [-0.05, 0) is 30.3 Å². The Bertz CT molecular complexity index is 1250. The molecule has 134 valence electrons. The van der Waals surface area contributed by atoms with E-state index < -0.39 is 11.9 Å². The van der Waals surface area contributed by atoms with E-state index in [1.54, 1.807) is 42.5 Å². The number of fused-ring (bicyclic) bond motifs is 2. The van der Waals surface area contributed by atoms with Gasteiger partial charge in [-0.15, -0.1) is 0 Å². The van der Waals surface area contributed by atoms with E-state index >= 15 is 0 Å². The summed E-state index contributed by atoms with van der Waals surface area (Å²) in [6, 6.07) is 14.4. The SMILES string of the molecule is COC(=O)c1cccc(NC(=O)c2cc3c(=O)c4ccccc4oc3o2)c1. The maximum absolute atomic E-state index is 12.5. The highest BCUT2D eigenvalue weighted by Gasteiger charge is 2.18. The molecule has 0 radical (unpaired) electrons. The van der Waals surface area contributed by atoms with Gasteiger partial charge in [0.1, 0.15) is 11.0 Å². The highest BCUT2D eigenvalue weighted by molar-refractivity contribution is 6.05. The number of rotatable bonds is 3. The molecule has 0 aliphatic heterocycles. The minimum absolute atomic E-state index is 0.0211. The first-order valence-electron chi connectivity index (χ1n) is 8.02. The zero-order valence-corrected chi connectivity index (χ0v) is 14.1. The van der Waals surface area contributed by atoms with Gasteiger partial charge in [0, 0.05) is 11.8 Å². The van der Waals surface area contributed by atoms with Crippen molar-refractivity contribution in [3.05, 3.63) is 76.1 Å². The Morgan fingerprint density at radius 1 is 0.963 bits per heavy atom. The van der Waals surface area contributed by atoms with Crippen LogP contribution in [0.4, 0.5) is 5.69 Å². The van der Waals surface area contributed by atoms with Crippen LogP contribution in [0.1, 0.15) is 20.9 Å². The summed E-state index contributed by atoms with van der Waals surface area (Å²) in [6.45, 7) is 0. The molecule has 7 heteroatoms. The number of anilines is 1. The molecule has 1 N–H and O–H groups in total. The van der Waals surface area contributed by atoms with E-state index in [9.17, 15) is 14.4 Å². The maximum Gasteiger partial charge on any atom is 0.337 e. The molecule has 4 aromatic rings. The lowest BCUT2D eigenvalue weighted by Gasteiger charge is -2.05. The van der Waals surface area contributed by atoms with Gasteiger partial charge in [0.2, 0.25) is 5.43 Å². The van der Waals surface area contributed by atoms with Gasteiger partial charge in [-0.25, -0.2) is 4.79 Å². The van der Waals surface area contributed by atoms with Crippen LogP contribution in [0.5, 0.6) is 0 Å². The molecular weight excluding hydrogens is 350 g/mol. The van der Waals surface area contributed by atoms with Crippen LogP contribution in [0, 0.1) is 0 Å². The molecule has 0 unspecified atom stereocenters. The summed E-state index contributed by atoms with van der Waals surface area (Å²) >= 11 is 0. The monoisotopic (exact) mass is 363 g/mol. The number of para-hydroxylation sites is 1. The summed E-state index contributed by atoms with van der Waals surface area (Å²) in [6.07, 6.45) is 0. The molecule has 0 fully saturated rings. The Balaban J connectivity index is 1.69. The first kappa shape index (κ1) is 16.6. The van der Waals surface area contributed by atoms with Crippen LogP contribution in [-0.2, 0) is 4.74 Å². The zero-order valence-electron chi connectivity index (χ0n) is 14.1. The summed E-state index contributed by atoms with van der Waals surface area (Å²) < 4.78 is 15.6. The van der Waals surface area contributed by atoms with Crippen molar-refractivity contribution in [3.8, 4) is 0 Å². The number of carbonyl (C=O) groups excluding carboxylic acids is 2. The van der Waals surface area contributed by atoms with Gasteiger partial charge in [-0.2, -0.15) is 0 Å². The van der Waals surface area contributed by atoms with Crippen LogP contribution in [-0.4, -0.2) is 19.0 Å². The third-order valence-electron chi connectivity index (χ3n) is 4.04. The molecule has 0 spiro atoms. The number of furan rings is 1. The molecule has 1 amide bonds. The number of methoxy groups -OCH3 is 1. The molecule has 2 aromatic heterocycles. The van der Waals surface area contributed by atoms with Crippen molar-refractivity contribution in [2.75, 3.05) is 12.4 Å². The standard InChI is InChI=1S/C20H13NO6/c1-25-19(24)11-5-4-6-12(9-11)21-18(23)16-10-14-17(22)13-7-2-3-8-15(13)26-20(14)27-16/h2-10H,1H3,(H,21,23). The first-order chi connectivity index (χ1) is 13.1. The van der Waals surface area contributed by atoms with Crippen LogP contribution in [0.2, 0.25) is 0 Å². The Hall–Kier alpha value is -3.87. The molecule has 2 aromatic carbocycles. The Morgan fingerprint density at radius 3 is 2.59 bits per heavy atom. The van der Waals surface area contributed by atoms with Crippen molar-refractivity contribution in [3.63, 3.8) is 0 Å². The highest BCUT2D eigenvalue weighted by Crippen LogP contribution is 2.22. The fraction of sp³-hybridized carbons (Fsp3) is 0.0500. The number of ether oxygens (including phenoxy) is 1. The van der Waals surface area contributed by atoms with Gasteiger partial charge >= 0.3 is 11.7 Å². The van der Waals surface area contributed by atoms with Crippen molar-refractivity contribution < 1.29 is 23.2 Å². The predicted octanol–water partition coefficient (Wildman–Crippen LogP) is 3.58. The number of esters is 1. The van der Waals surface area contributed by atoms with E-state index in [-0.39, 0.29) is 22.4 Å². The summed E-state index contributed by atoms with van der Waals surface area (Å²) in [4.78, 5) is 36.6. The maximum atomic E-state index is 12.5. The number of carbonyl (C=O) groups is 2. The van der Waals surface area contributed by atoms with Crippen molar-refractivity contribution in [2.24, 2.45) is 0 Å². The van der Waals surface area contributed by atoms with Crippen molar-refractivity contribution >= 4 is 39.7 Å². The van der Waals surface area contributed by atoms with E-state index in [0.717, 1.165) is 0 Å². The molecule has 0 bridgehead atoms. The van der Waals surface area contributed by atoms with Gasteiger partial charge in [0.15, 0.2) is 5.76 Å². The van der Waals surface area contributed by atoms with Crippen LogP contribution < -0.4 is 10.7 Å². The van der Waals surface area contributed by atoms with Gasteiger partial charge in [-0.1, -0.05) is 18.2 Å². The van der Waals surface area contributed by atoms with Crippen molar-refractivity contribution in [1.29, 1.82) is 0 Å².